The summed E-state index contributed by atoms with van der Waals surface area (Å²) in [6.07, 6.45) is 0.796. The molecule has 37 heavy (non-hydrogen) atoms. The number of nitrogen functional groups attached to an aromatic ring is 1. The van der Waals surface area contributed by atoms with Gasteiger partial charge in [0, 0.05) is 43.4 Å². The van der Waals surface area contributed by atoms with Crippen LogP contribution in [-0.4, -0.2) is 58.9 Å². The number of nitrogens with zero attached hydrogens (tertiary/aromatic N) is 5. The zero-order valence-corrected chi connectivity index (χ0v) is 21.9. The molecule has 1 aromatic carbocycles. The molecule has 3 rings (SSSR count). The van der Waals surface area contributed by atoms with Crippen LogP contribution in [0.3, 0.4) is 0 Å². The van der Waals surface area contributed by atoms with Crippen LogP contribution in [0.1, 0.15) is 41.4 Å². The summed E-state index contributed by atoms with van der Waals surface area (Å²) in [6, 6.07) is 14.5. The number of benzene rings is 1. The molecule has 0 spiro atoms. The van der Waals surface area contributed by atoms with Crippen molar-refractivity contribution in [1.29, 1.82) is 5.26 Å². The highest BCUT2D eigenvalue weighted by molar-refractivity contribution is 7.80. The van der Waals surface area contributed by atoms with Gasteiger partial charge in [0.1, 0.15) is 28.5 Å². The maximum absolute atomic E-state index is 12.1. The van der Waals surface area contributed by atoms with E-state index in [9.17, 15) is 14.9 Å². The fourth-order valence-electron chi connectivity index (χ4n) is 3.52. The second-order valence-corrected chi connectivity index (χ2v) is 9.19. The predicted molar refractivity (Wildman–Crippen MR) is 146 cm³/mol. The molecule has 0 aliphatic rings. The Hall–Kier alpha value is -4.01. The first-order valence-corrected chi connectivity index (χ1v) is 12.2. The SMILES string of the molecule is CC(=O)Nc1ccc(-c2nc(C(S)c3cccc(CCC(=O)NCCN(C)C)n3)nc(N)c2C#N)cc1. The standard InChI is InChI=1S/C26H30N8O2S/c1-16(35)30-19-9-7-17(8-10-19)23-20(15-27)25(28)33-26(32-23)24(37)21-6-4-5-18(31-21)11-12-22(36)29-13-14-34(2)3/h4-10,24,37H,11-14H2,1-3H3,(H,29,36)(H,30,35)(H2,28,32,33). The Morgan fingerprint density at radius 3 is 2.51 bits per heavy atom. The summed E-state index contributed by atoms with van der Waals surface area (Å²) >= 11 is 4.70. The van der Waals surface area contributed by atoms with Gasteiger partial charge in [0.2, 0.25) is 11.8 Å². The number of nitriles is 1. The lowest BCUT2D eigenvalue weighted by Gasteiger charge is -2.14. The van der Waals surface area contributed by atoms with Crippen LogP contribution in [0.25, 0.3) is 11.3 Å². The number of amides is 2. The van der Waals surface area contributed by atoms with Crippen molar-refractivity contribution in [3.63, 3.8) is 0 Å². The van der Waals surface area contributed by atoms with Crippen LogP contribution in [0.15, 0.2) is 42.5 Å². The van der Waals surface area contributed by atoms with Crippen molar-refractivity contribution >= 4 is 35.9 Å². The van der Waals surface area contributed by atoms with Crippen molar-refractivity contribution in [1.82, 2.24) is 25.2 Å². The number of rotatable bonds is 10. The lowest BCUT2D eigenvalue weighted by Crippen LogP contribution is -2.31. The number of anilines is 2. The topological polar surface area (TPSA) is 150 Å². The molecule has 0 aliphatic carbocycles. The number of thiol groups is 1. The first kappa shape index (κ1) is 27.6. The van der Waals surface area contributed by atoms with Crippen LogP contribution >= 0.6 is 12.6 Å². The second kappa shape index (κ2) is 12.8. The molecule has 0 bridgehead atoms. The van der Waals surface area contributed by atoms with E-state index in [1.54, 1.807) is 30.3 Å². The van der Waals surface area contributed by atoms with Gasteiger partial charge in [0.15, 0.2) is 0 Å². The van der Waals surface area contributed by atoms with Gasteiger partial charge in [-0.3, -0.25) is 14.6 Å². The fourth-order valence-corrected chi connectivity index (χ4v) is 3.78. The van der Waals surface area contributed by atoms with Crippen LogP contribution in [-0.2, 0) is 16.0 Å². The highest BCUT2D eigenvalue weighted by Gasteiger charge is 2.21. The summed E-state index contributed by atoms with van der Waals surface area (Å²) in [7, 11) is 3.90. The molecule has 0 saturated carbocycles. The summed E-state index contributed by atoms with van der Waals surface area (Å²) in [6.45, 7) is 2.79. The monoisotopic (exact) mass is 518 g/mol. The number of aryl methyl sites for hydroxylation is 1. The average Bonchev–Trinajstić information content (AvgIpc) is 2.86. The number of hydrogen-bond acceptors (Lipinski definition) is 9. The molecule has 10 nitrogen and oxygen atoms in total. The fraction of sp³-hybridized carbons (Fsp3) is 0.308. The van der Waals surface area contributed by atoms with Crippen molar-refractivity contribution in [2.45, 2.75) is 25.0 Å². The third kappa shape index (κ3) is 7.73. The third-order valence-electron chi connectivity index (χ3n) is 5.39. The van der Waals surface area contributed by atoms with E-state index in [1.165, 1.54) is 6.92 Å². The van der Waals surface area contributed by atoms with E-state index in [2.05, 4.69) is 31.7 Å². The number of hydrogen-bond donors (Lipinski definition) is 4. The van der Waals surface area contributed by atoms with E-state index in [-0.39, 0.29) is 23.2 Å². The number of carbonyl (C=O) groups is 2. The molecule has 192 valence electrons. The highest BCUT2D eigenvalue weighted by atomic mass is 32.1. The Morgan fingerprint density at radius 2 is 1.86 bits per heavy atom. The molecule has 1 atom stereocenters. The number of nitrogens with two attached hydrogens (primary N) is 1. The molecule has 2 heterocycles. The van der Waals surface area contributed by atoms with Gasteiger partial charge >= 0.3 is 0 Å². The van der Waals surface area contributed by atoms with E-state index in [1.807, 2.05) is 31.1 Å². The Labute approximate surface area is 221 Å². The van der Waals surface area contributed by atoms with Gasteiger partial charge in [0.05, 0.1) is 11.4 Å². The van der Waals surface area contributed by atoms with E-state index >= 15 is 0 Å². The average molecular weight is 519 g/mol. The summed E-state index contributed by atoms with van der Waals surface area (Å²) in [5, 5.41) is 14.7. The number of aromatic nitrogens is 3. The van der Waals surface area contributed by atoms with Crippen molar-refractivity contribution < 1.29 is 9.59 Å². The quantitative estimate of drug-likeness (QED) is 0.299. The molecule has 0 fully saturated rings. The van der Waals surface area contributed by atoms with E-state index in [4.69, 9.17) is 18.4 Å². The molecular weight excluding hydrogens is 488 g/mol. The number of pyridine rings is 1. The van der Waals surface area contributed by atoms with Crippen molar-refractivity contribution in [2.75, 3.05) is 38.2 Å². The third-order valence-corrected chi connectivity index (χ3v) is 5.88. The van der Waals surface area contributed by atoms with Crippen LogP contribution in [0, 0.1) is 11.3 Å². The first-order chi connectivity index (χ1) is 17.7. The minimum absolute atomic E-state index is 0.0335. The van der Waals surface area contributed by atoms with Crippen LogP contribution < -0.4 is 16.4 Å². The van der Waals surface area contributed by atoms with Gasteiger partial charge in [-0.1, -0.05) is 18.2 Å². The molecule has 2 aromatic heterocycles. The van der Waals surface area contributed by atoms with Gasteiger partial charge in [-0.25, -0.2) is 9.97 Å². The Balaban J connectivity index is 1.80. The smallest absolute Gasteiger partial charge is 0.221 e. The second-order valence-electron chi connectivity index (χ2n) is 8.67. The highest BCUT2D eigenvalue weighted by Crippen LogP contribution is 2.31. The Morgan fingerprint density at radius 1 is 1.14 bits per heavy atom. The van der Waals surface area contributed by atoms with Gasteiger partial charge in [-0.2, -0.15) is 17.9 Å². The van der Waals surface area contributed by atoms with Crippen molar-refractivity contribution in [2.24, 2.45) is 0 Å². The summed E-state index contributed by atoms with van der Waals surface area (Å²) in [5.41, 5.74) is 9.25. The molecule has 1 unspecified atom stereocenters. The van der Waals surface area contributed by atoms with Crippen LogP contribution in [0.4, 0.5) is 11.5 Å². The summed E-state index contributed by atoms with van der Waals surface area (Å²) in [4.78, 5) is 39.0. The Bertz CT molecular complexity index is 1300. The molecule has 0 saturated heterocycles. The molecule has 2 amide bonds. The normalized spacial score (nSPS) is 11.6. The predicted octanol–water partition coefficient (Wildman–Crippen LogP) is 2.58. The minimum Gasteiger partial charge on any atom is -0.382 e. The molecular formula is C26H30N8O2S. The summed E-state index contributed by atoms with van der Waals surface area (Å²) in [5.74, 6) is 0.121. The van der Waals surface area contributed by atoms with Gasteiger partial charge in [-0.05, 0) is 44.8 Å². The van der Waals surface area contributed by atoms with Crippen molar-refractivity contribution in [3.8, 4) is 17.3 Å². The maximum atomic E-state index is 12.1. The molecule has 0 radical (unpaired) electrons. The number of carbonyl (C=O) groups excluding carboxylic acids is 2. The number of likely N-dealkylation sites (N-methyl/N-ethyl adjacent to an activating group) is 1. The molecule has 0 aliphatic heterocycles. The van der Waals surface area contributed by atoms with E-state index < -0.39 is 5.25 Å². The lowest BCUT2D eigenvalue weighted by molar-refractivity contribution is -0.121. The van der Waals surface area contributed by atoms with Gasteiger partial charge in [0.25, 0.3) is 0 Å². The Kier molecular flexibility index (Phi) is 9.54. The minimum atomic E-state index is -0.610. The maximum Gasteiger partial charge on any atom is 0.221 e. The summed E-state index contributed by atoms with van der Waals surface area (Å²) < 4.78 is 0. The van der Waals surface area contributed by atoms with Crippen LogP contribution in [0.5, 0.6) is 0 Å². The largest absolute Gasteiger partial charge is 0.382 e. The van der Waals surface area contributed by atoms with E-state index in [0.29, 0.717) is 47.8 Å². The van der Waals surface area contributed by atoms with Crippen LogP contribution in [0.2, 0.25) is 0 Å². The molecule has 3 aromatic rings. The van der Waals surface area contributed by atoms with E-state index in [0.717, 1.165) is 12.2 Å². The zero-order valence-electron chi connectivity index (χ0n) is 21.0. The van der Waals surface area contributed by atoms with Gasteiger partial charge in [-0.15, -0.1) is 0 Å². The molecule has 11 heteroatoms. The zero-order chi connectivity index (χ0) is 26.9. The van der Waals surface area contributed by atoms with Crippen molar-refractivity contribution in [3.05, 3.63) is 65.2 Å². The number of nitrogens with one attached hydrogen (secondary N) is 2. The molecule has 4 N–H and O–H groups in total. The first-order valence-electron chi connectivity index (χ1n) is 11.7. The lowest BCUT2D eigenvalue weighted by atomic mass is 10.1. The van der Waals surface area contributed by atoms with Gasteiger partial charge < -0.3 is 21.3 Å².